The molecule has 2 amide bonds. The van der Waals surface area contributed by atoms with Crippen LogP contribution in [0.2, 0.25) is 5.02 Å². The molecule has 1 saturated heterocycles. The number of nitrogens with one attached hydrogen (secondary N) is 1. The zero-order chi connectivity index (χ0) is 20.3. The summed E-state index contributed by atoms with van der Waals surface area (Å²) < 4.78 is 5.38. The molecule has 2 heterocycles. The average molecular weight is 404 g/mol. The van der Waals surface area contributed by atoms with E-state index >= 15 is 0 Å². The first-order chi connectivity index (χ1) is 13.4. The Labute approximate surface area is 170 Å². The first-order valence-corrected chi connectivity index (χ1v) is 10.1. The lowest BCUT2D eigenvalue weighted by molar-refractivity contribution is -0.130. The second-order valence-corrected chi connectivity index (χ2v) is 8.12. The van der Waals surface area contributed by atoms with Gasteiger partial charge in [-0.05, 0) is 43.0 Å². The highest BCUT2D eigenvalue weighted by atomic mass is 35.5. The van der Waals surface area contributed by atoms with Crippen LogP contribution in [0.1, 0.15) is 50.5 Å². The molecule has 28 heavy (non-hydrogen) atoms. The minimum atomic E-state index is -0.490. The summed E-state index contributed by atoms with van der Waals surface area (Å²) >= 11 is 5.92. The Balaban J connectivity index is 1.84. The van der Waals surface area contributed by atoms with E-state index in [2.05, 4.69) is 17.4 Å². The van der Waals surface area contributed by atoms with E-state index in [1.165, 1.54) is 0 Å². The van der Waals surface area contributed by atoms with Crippen molar-refractivity contribution in [1.82, 2.24) is 15.4 Å². The summed E-state index contributed by atoms with van der Waals surface area (Å²) in [7, 11) is 0. The maximum Gasteiger partial charge on any atom is 0.276 e. The second-order valence-electron chi connectivity index (χ2n) is 7.68. The lowest BCUT2D eigenvalue weighted by Gasteiger charge is -2.39. The van der Waals surface area contributed by atoms with E-state index in [1.807, 2.05) is 26.0 Å². The zero-order valence-electron chi connectivity index (χ0n) is 16.4. The third-order valence-corrected chi connectivity index (χ3v) is 5.14. The normalized spacial score (nSPS) is 19.8. The number of hydrogen-bond acceptors (Lipinski definition) is 4. The predicted molar refractivity (Wildman–Crippen MR) is 108 cm³/mol. The first-order valence-electron chi connectivity index (χ1n) is 9.73. The van der Waals surface area contributed by atoms with Gasteiger partial charge in [0.2, 0.25) is 5.91 Å². The third-order valence-electron chi connectivity index (χ3n) is 4.89. The molecule has 2 atom stereocenters. The summed E-state index contributed by atoms with van der Waals surface area (Å²) in [6.45, 7) is 6.64. The Morgan fingerprint density at radius 1 is 1.36 bits per heavy atom. The van der Waals surface area contributed by atoms with Gasteiger partial charge >= 0.3 is 0 Å². The molecule has 1 aliphatic rings. The van der Waals surface area contributed by atoms with Crippen molar-refractivity contribution in [3.8, 4) is 11.3 Å². The van der Waals surface area contributed by atoms with Gasteiger partial charge in [-0.3, -0.25) is 9.59 Å². The quantitative estimate of drug-likeness (QED) is 0.786. The van der Waals surface area contributed by atoms with Gasteiger partial charge in [0, 0.05) is 29.2 Å². The molecule has 2 aromatic rings. The van der Waals surface area contributed by atoms with Gasteiger partial charge in [-0.25, -0.2) is 0 Å². The number of piperazine rings is 1. The summed E-state index contributed by atoms with van der Waals surface area (Å²) in [6.07, 6.45) is 2.38. The molecule has 0 radical (unpaired) electrons. The van der Waals surface area contributed by atoms with E-state index in [1.54, 1.807) is 23.1 Å². The van der Waals surface area contributed by atoms with Crippen molar-refractivity contribution in [2.75, 3.05) is 6.54 Å². The topological polar surface area (TPSA) is 75.4 Å². The third kappa shape index (κ3) is 4.55. The van der Waals surface area contributed by atoms with Crippen molar-refractivity contribution in [3.05, 3.63) is 41.0 Å². The van der Waals surface area contributed by atoms with Crippen LogP contribution in [-0.4, -0.2) is 40.5 Å². The molecule has 150 valence electrons. The molecule has 0 spiro atoms. The molecule has 0 bridgehead atoms. The summed E-state index contributed by atoms with van der Waals surface area (Å²) in [4.78, 5) is 27.5. The van der Waals surface area contributed by atoms with Crippen LogP contribution < -0.4 is 5.32 Å². The van der Waals surface area contributed by atoms with E-state index in [0.29, 0.717) is 23.7 Å². The average Bonchev–Trinajstić information content (AvgIpc) is 3.14. The Bertz CT molecular complexity index is 832. The summed E-state index contributed by atoms with van der Waals surface area (Å²) in [6, 6.07) is 8.23. The van der Waals surface area contributed by atoms with Crippen molar-refractivity contribution in [2.24, 2.45) is 5.92 Å². The number of amides is 2. The second kappa shape index (κ2) is 8.78. The summed E-state index contributed by atoms with van der Waals surface area (Å²) in [5, 5.41) is 7.65. The van der Waals surface area contributed by atoms with Crippen LogP contribution in [0.25, 0.3) is 11.3 Å². The van der Waals surface area contributed by atoms with E-state index in [-0.39, 0.29) is 29.5 Å². The molecule has 7 heteroatoms. The van der Waals surface area contributed by atoms with Crippen LogP contribution in [0.5, 0.6) is 0 Å². The molecule has 3 rings (SSSR count). The molecule has 1 aromatic heterocycles. The number of nitrogens with zero attached hydrogens (tertiary/aromatic N) is 2. The van der Waals surface area contributed by atoms with Gasteiger partial charge in [0.15, 0.2) is 11.5 Å². The molecule has 1 fully saturated rings. The molecule has 1 aliphatic heterocycles. The minimum absolute atomic E-state index is 0.0347. The number of rotatable bonds is 6. The van der Waals surface area contributed by atoms with Gasteiger partial charge in [0.05, 0.1) is 0 Å². The van der Waals surface area contributed by atoms with E-state index < -0.39 is 6.04 Å². The van der Waals surface area contributed by atoms with E-state index in [4.69, 9.17) is 16.1 Å². The molecule has 1 aromatic carbocycles. The highest BCUT2D eigenvalue weighted by molar-refractivity contribution is 6.30. The number of aromatic nitrogens is 1. The smallest absolute Gasteiger partial charge is 0.276 e. The van der Waals surface area contributed by atoms with Gasteiger partial charge in [-0.1, -0.05) is 43.9 Å². The molecular weight excluding hydrogens is 378 g/mol. The standard InChI is InChI=1S/C21H26ClN3O3/c1-4-5-16-12-25(18(10-13(2)3)20(26)23-16)21(27)17-11-19(28-24-17)14-6-8-15(22)9-7-14/h6-9,11,13,16,18H,4-5,10,12H2,1-3H3,(H,23,26)/t16-,18-/m0/s1. The lowest BCUT2D eigenvalue weighted by Crippen LogP contribution is -2.61. The maximum atomic E-state index is 13.2. The fourth-order valence-corrected chi connectivity index (χ4v) is 3.67. The Morgan fingerprint density at radius 3 is 2.71 bits per heavy atom. The molecule has 0 unspecified atom stereocenters. The maximum absolute atomic E-state index is 13.2. The van der Waals surface area contributed by atoms with Gasteiger partial charge < -0.3 is 14.7 Å². The fourth-order valence-electron chi connectivity index (χ4n) is 3.54. The van der Waals surface area contributed by atoms with Gasteiger partial charge in [0.1, 0.15) is 6.04 Å². The van der Waals surface area contributed by atoms with Gasteiger partial charge in [0.25, 0.3) is 5.91 Å². The largest absolute Gasteiger partial charge is 0.355 e. The lowest BCUT2D eigenvalue weighted by atomic mass is 9.96. The van der Waals surface area contributed by atoms with E-state index in [0.717, 1.165) is 18.4 Å². The van der Waals surface area contributed by atoms with Crippen LogP contribution >= 0.6 is 11.6 Å². The minimum Gasteiger partial charge on any atom is -0.355 e. The number of hydrogen-bond donors (Lipinski definition) is 1. The predicted octanol–water partition coefficient (Wildman–Crippen LogP) is 4.15. The highest BCUT2D eigenvalue weighted by Gasteiger charge is 2.38. The SMILES string of the molecule is CCC[C@H]1CN(C(=O)c2cc(-c3ccc(Cl)cc3)on2)[C@@H](CC(C)C)C(=O)N1. The molecule has 6 nitrogen and oxygen atoms in total. The number of carbonyl (C=O) groups is 2. The molecule has 0 aliphatic carbocycles. The monoisotopic (exact) mass is 403 g/mol. The van der Waals surface area contributed by atoms with Crippen LogP contribution in [0.15, 0.2) is 34.9 Å². The van der Waals surface area contributed by atoms with Crippen molar-refractivity contribution < 1.29 is 14.1 Å². The van der Waals surface area contributed by atoms with Crippen LogP contribution in [-0.2, 0) is 4.79 Å². The Hall–Kier alpha value is -2.34. The molecule has 1 N–H and O–H groups in total. The van der Waals surface area contributed by atoms with Crippen LogP contribution in [0, 0.1) is 5.92 Å². The zero-order valence-corrected chi connectivity index (χ0v) is 17.2. The van der Waals surface area contributed by atoms with Crippen molar-refractivity contribution >= 4 is 23.4 Å². The van der Waals surface area contributed by atoms with Crippen molar-refractivity contribution in [1.29, 1.82) is 0 Å². The number of benzene rings is 1. The Morgan fingerprint density at radius 2 is 2.07 bits per heavy atom. The van der Waals surface area contributed by atoms with Gasteiger partial charge in [-0.15, -0.1) is 0 Å². The Kier molecular flexibility index (Phi) is 6.39. The van der Waals surface area contributed by atoms with Crippen LogP contribution in [0.4, 0.5) is 0 Å². The highest BCUT2D eigenvalue weighted by Crippen LogP contribution is 2.25. The fraction of sp³-hybridized carbons (Fsp3) is 0.476. The summed E-state index contributed by atoms with van der Waals surface area (Å²) in [5.74, 6) is 0.418. The van der Waals surface area contributed by atoms with E-state index in [9.17, 15) is 9.59 Å². The molecular formula is C21H26ClN3O3. The van der Waals surface area contributed by atoms with Crippen molar-refractivity contribution in [3.63, 3.8) is 0 Å². The number of halogens is 1. The summed E-state index contributed by atoms with van der Waals surface area (Å²) in [5.41, 5.74) is 0.999. The number of carbonyl (C=O) groups excluding carboxylic acids is 2. The molecule has 0 saturated carbocycles. The van der Waals surface area contributed by atoms with Crippen molar-refractivity contribution in [2.45, 2.75) is 52.1 Å². The van der Waals surface area contributed by atoms with Crippen LogP contribution in [0.3, 0.4) is 0 Å². The van der Waals surface area contributed by atoms with Gasteiger partial charge in [-0.2, -0.15) is 0 Å². The first kappa shape index (κ1) is 20.4.